The fourth-order valence-electron chi connectivity index (χ4n) is 7.08. The number of hydrogen-bond acceptors (Lipinski definition) is 2. The van der Waals surface area contributed by atoms with E-state index in [1.165, 1.54) is 44.1 Å². The van der Waals surface area contributed by atoms with Crippen LogP contribution >= 0.6 is 0 Å². The maximum Gasteiger partial charge on any atom is 0.265 e. The molecule has 2 aromatic carbocycles. The maximum absolute atomic E-state index is 12.9. The van der Waals surface area contributed by atoms with Crippen LogP contribution in [0.5, 0.6) is 5.75 Å². The summed E-state index contributed by atoms with van der Waals surface area (Å²) in [6.07, 6.45) is 8.63. The molecular weight excluding hydrogens is 382 g/mol. The van der Waals surface area contributed by atoms with Gasteiger partial charge in [-0.3, -0.25) is 4.79 Å². The zero-order valence-electron chi connectivity index (χ0n) is 19.1. The molecule has 0 spiro atoms. The Morgan fingerprint density at radius 3 is 2.03 bits per heavy atom. The van der Waals surface area contributed by atoms with Crippen LogP contribution < -0.4 is 10.1 Å². The summed E-state index contributed by atoms with van der Waals surface area (Å²) < 4.78 is 6.04. The van der Waals surface area contributed by atoms with Crippen molar-refractivity contribution in [3.05, 3.63) is 59.2 Å². The molecule has 4 aliphatic carbocycles. The summed E-state index contributed by atoms with van der Waals surface area (Å²) in [7, 11) is 0. The number of benzene rings is 2. The molecule has 0 aromatic heterocycles. The van der Waals surface area contributed by atoms with Gasteiger partial charge in [0.15, 0.2) is 6.10 Å². The second kappa shape index (κ2) is 8.00. The lowest BCUT2D eigenvalue weighted by Crippen LogP contribution is -2.48. The first-order valence-corrected chi connectivity index (χ1v) is 12.1. The van der Waals surface area contributed by atoms with Crippen LogP contribution in [0, 0.1) is 31.6 Å². The van der Waals surface area contributed by atoms with Crippen molar-refractivity contribution in [2.75, 3.05) is 5.32 Å². The van der Waals surface area contributed by atoms with E-state index in [2.05, 4.69) is 35.6 Å². The van der Waals surface area contributed by atoms with Gasteiger partial charge in [-0.2, -0.15) is 0 Å². The van der Waals surface area contributed by atoms with Gasteiger partial charge < -0.3 is 10.1 Å². The summed E-state index contributed by atoms with van der Waals surface area (Å²) in [4.78, 5) is 12.9. The first-order valence-electron chi connectivity index (χ1n) is 12.1. The van der Waals surface area contributed by atoms with Crippen molar-refractivity contribution in [1.82, 2.24) is 0 Å². The Labute approximate surface area is 186 Å². The smallest absolute Gasteiger partial charge is 0.265 e. The third-order valence-electron chi connectivity index (χ3n) is 7.94. The standard InChI is InChI=1S/C28H35NO2/c1-4-26(31-25-10-18(2)9-19(3)11-25)27(30)29-24-7-5-23(6-8-24)28-15-20-12-21(16-28)14-22(13-20)17-28/h5-11,20-22,26H,4,12-17H2,1-3H3,(H,29,30)/t20?,21?,22?,26-,28?/m0/s1. The molecular formula is C28H35NO2. The molecule has 1 amide bonds. The second-order valence-electron chi connectivity index (χ2n) is 10.6. The molecule has 4 bridgehead atoms. The lowest BCUT2D eigenvalue weighted by Gasteiger charge is -2.57. The van der Waals surface area contributed by atoms with E-state index >= 15 is 0 Å². The highest BCUT2D eigenvalue weighted by atomic mass is 16.5. The molecule has 0 radical (unpaired) electrons. The minimum Gasteiger partial charge on any atom is -0.481 e. The number of rotatable bonds is 6. The van der Waals surface area contributed by atoms with Gasteiger partial charge in [0.2, 0.25) is 0 Å². The maximum atomic E-state index is 12.9. The largest absolute Gasteiger partial charge is 0.481 e. The van der Waals surface area contributed by atoms with Gasteiger partial charge in [-0.05, 0) is 123 Å². The average molecular weight is 418 g/mol. The van der Waals surface area contributed by atoms with Crippen LogP contribution in [0.4, 0.5) is 5.69 Å². The summed E-state index contributed by atoms with van der Waals surface area (Å²) in [6.45, 7) is 6.08. The molecule has 0 saturated heterocycles. The van der Waals surface area contributed by atoms with Crippen LogP contribution in [0.1, 0.15) is 68.6 Å². The lowest BCUT2D eigenvalue weighted by molar-refractivity contribution is -0.122. The molecule has 4 aliphatic rings. The van der Waals surface area contributed by atoms with Crippen molar-refractivity contribution in [2.45, 2.75) is 77.2 Å². The highest BCUT2D eigenvalue weighted by Gasteiger charge is 2.51. The Hall–Kier alpha value is -2.29. The second-order valence-corrected chi connectivity index (χ2v) is 10.6. The molecule has 164 valence electrons. The number of nitrogens with one attached hydrogen (secondary N) is 1. The first kappa shape index (κ1) is 20.6. The molecule has 0 heterocycles. The van der Waals surface area contributed by atoms with Gasteiger partial charge in [-0.25, -0.2) is 0 Å². The molecule has 0 unspecified atom stereocenters. The van der Waals surface area contributed by atoms with E-state index in [1.807, 2.05) is 32.9 Å². The first-order chi connectivity index (χ1) is 14.9. The normalized spacial score (nSPS) is 29.6. The predicted molar refractivity (Wildman–Crippen MR) is 126 cm³/mol. The van der Waals surface area contributed by atoms with Gasteiger partial charge in [-0.1, -0.05) is 25.1 Å². The van der Waals surface area contributed by atoms with Gasteiger partial charge >= 0.3 is 0 Å². The van der Waals surface area contributed by atoms with Gasteiger partial charge in [-0.15, -0.1) is 0 Å². The number of ether oxygens (including phenoxy) is 1. The summed E-state index contributed by atoms with van der Waals surface area (Å²) >= 11 is 0. The Balaban J connectivity index is 1.26. The molecule has 31 heavy (non-hydrogen) atoms. The van der Waals surface area contributed by atoms with Crippen molar-refractivity contribution in [1.29, 1.82) is 0 Å². The van der Waals surface area contributed by atoms with Crippen LogP contribution in [-0.2, 0) is 10.2 Å². The molecule has 2 aromatic rings. The Bertz CT molecular complexity index is 906. The highest BCUT2D eigenvalue weighted by Crippen LogP contribution is 2.60. The van der Waals surface area contributed by atoms with Crippen molar-refractivity contribution in [2.24, 2.45) is 17.8 Å². The Morgan fingerprint density at radius 1 is 0.968 bits per heavy atom. The van der Waals surface area contributed by atoms with Crippen molar-refractivity contribution in [3.8, 4) is 5.75 Å². The summed E-state index contributed by atoms with van der Waals surface area (Å²) in [5.41, 5.74) is 5.04. The molecule has 6 rings (SSSR count). The third-order valence-corrected chi connectivity index (χ3v) is 7.94. The average Bonchev–Trinajstić information content (AvgIpc) is 2.70. The van der Waals surface area contributed by atoms with E-state index in [0.717, 1.165) is 40.3 Å². The van der Waals surface area contributed by atoms with E-state index in [4.69, 9.17) is 4.74 Å². The van der Waals surface area contributed by atoms with E-state index < -0.39 is 6.10 Å². The number of carbonyl (C=O) groups excluding carboxylic acids is 1. The monoisotopic (exact) mass is 417 g/mol. The highest BCUT2D eigenvalue weighted by molar-refractivity contribution is 5.94. The quantitative estimate of drug-likeness (QED) is 0.577. The van der Waals surface area contributed by atoms with Gasteiger partial charge in [0.1, 0.15) is 5.75 Å². The fraction of sp³-hybridized carbons (Fsp3) is 0.536. The molecule has 3 heteroatoms. The van der Waals surface area contributed by atoms with E-state index in [0.29, 0.717) is 11.8 Å². The number of aryl methyl sites for hydroxylation is 2. The van der Waals surface area contributed by atoms with Crippen molar-refractivity contribution < 1.29 is 9.53 Å². The van der Waals surface area contributed by atoms with Crippen molar-refractivity contribution in [3.63, 3.8) is 0 Å². The predicted octanol–water partition coefficient (Wildman–Crippen LogP) is 6.57. The minimum absolute atomic E-state index is 0.0794. The summed E-state index contributed by atoms with van der Waals surface area (Å²) in [5.74, 6) is 3.51. The van der Waals surface area contributed by atoms with Crippen molar-refractivity contribution >= 4 is 11.6 Å². The number of hydrogen-bond donors (Lipinski definition) is 1. The van der Waals surface area contributed by atoms with Crippen LogP contribution in [-0.4, -0.2) is 12.0 Å². The lowest BCUT2D eigenvalue weighted by atomic mass is 9.48. The number of anilines is 1. The molecule has 1 N–H and O–H groups in total. The van der Waals surface area contributed by atoms with Crippen LogP contribution in [0.25, 0.3) is 0 Å². The molecule has 3 nitrogen and oxygen atoms in total. The third kappa shape index (κ3) is 4.12. The van der Waals surface area contributed by atoms with Gasteiger partial charge in [0.05, 0.1) is 0 Å². The summed E-state index contributed by atoms with van der Waals surface area (Å²) in [6, 6.07) is 14.8. The van der Waals surface area contributed by atoms with E-state index in [9.17, 15) is 4.79 Å². The van der Waals surface area contributed by atoms with Crippen LogP contribution in [0.15, 0.2) is 42.5 Å². The van der Waals surface area contributed by atoms with Gasteiger partial charge in [0.25, 0.3) is 5.91 Å². The van der Waals surface area contributed by atoms with E-state index in [-0.39, 0.29) is 5.91 Å². The van der Waals surface area contributed by atoms with Crippen LogP contribution in [0.3, 0.4) is 0 Å². The zero-order valence-corrected chi connectivity index (χ0v) is 19.1. The number of amides is 1. The molecule has 0 aliphatic heterocycles. The molecule has 1 atom stereocenters. The van der Waals surface area contributed by atoms with Crippen LogP contribution in [0.2, 0.25) is 0 Å². The minimum atomic E-state index is -0.496. The SMILES string of the molecule is CC[C@H](Oc1cc(C)cc(C)c1)C(=O)Nc1ccc(C23CC4CC(CC(C4)C2)C3)cc1. The van der Waals surface area contributed by atoms with E-state index in [1.54, 1.807) is 0 Å². The fourth-order valence-corrected chi connectivity index (χ4v) is 7.08. The Morgan fingerprint density at radius 2 is 1.52 bits per heavy atom. The molecule has 4 fully saturated rings. The van der Waals surface area contributed by atoms with Gasteiger partial charge in [0, 0.05) is 5.69 Å². The topological polar surface area (TPSA) is 38.3 Å². The summed E-state index contributed by atoms with van der Waals surface area (Å²) in [5, 5.41) is 3.08. The zero-order chi connectivity index (χ0) is 21.6. The molecule has 4 saturated carbocycles. The Kier molecular flexibility index (Phi) is 5.32. The number of carbonyl (C=O) groups is 1.